The SMILES string of the molecule is CC1=C[C@@H]2CN(C(=O)N2OS(=O)(=O)O)[C@@H]1C(=O)NOC1CCOC1. The number of hydrogen-bond donors (Lipinski definition) is 2. The lowest BCUT2D eigenvalue weighted by Gasteiger charge is -2.29. The smallest absolute Gasteiger partial charge is 0.379 e. The molecule has 3 rings (SSSR count). The fraction of sp³-hybridized carbons (Fsp3) is 0.667. The molecule has 0 aliphatic carbocycles. The Balaban J connectivity index is 1.69. The molecule has 24 heavy (non-hydrogen) atoms. The molecule has 2 saturated heterocycles. The van der Waals surface area contributed by atoms with E-state index in [9.17, 15) is 18.0 Å². The molecule has 2 fully saturated rings. The molecule has 0 aromatic rings. The summed E-state index contributed by atoms with van der Waals surface area (Å²) in [5.41, 5.74) is 2.84. The number of carbonyl (C=O) groups is 2. The highest BCUT2D eigenvalue weighted by molar-refractivity contribution is 7.80. The van der Waals surface area contributed by atoms with Gasteiger partial charge in [-0.25, -0.2) is 10.3 Å². The Morgan fingerprint density at radius 2 is 2.25 bits per heavy atom. The third-order valence-corrected chi connectivity index (χ3v) is 4.30. The van der Waals surface area contributed by atoms with E-state index in [1.807, 2.05) is 0 Å². The molecule has 11 nitrogen and oxygen atoms in total. The van der Waals surface area contributed by atoms with Crippen molar-refractivity contribution < 1.29 is 36.4 Å². The van der Waals surface area contributed by atoms with Gasteiger partial charge in [-0.1, -0.05) is 6.08 Å². The van der Waals surface area contributed by atoms with Gasteiger partial charge in [-0.15, -0.1) is 4.28 Å². The second kappa shape index (κ2) is 6.29. The highest BCUT2D eigenvalue weighted by atomic mass is 32.3. The minimum atomic E-state index is -4.85. The number of rotatable bonds is 5. The zero-order valence-electron chi connectivity index (χ0n) is 12.7. The molecular formula is C12H17N3O8S. The first-order valence-corrected chi connectivity index (χ1v) is 8.61. The Morgan fingerprint density at radius 1 is 1.50 bits per heavy atom. The quantitative estimate of drug-likeness (QED) is 0.360. The van der Waals surface area contributed by atoms with Gasteiger partial charge in [0.05, 0.1) is 19.2 Å². The van der Waals surface area contributed by atoms with Crippen LogP contribution in [0.2, 0.25) is 0 Å². The molecule has 3 aliphatic rings. The van der Waals surface area contributed by atoms with Crippen LogP contribution in [0.15, 0.2) is 11.6 Å². The first kappa shape index (κ1) is 17.1. The molecule has 12 heteroatoms. The van der Waals surface area contributed by atoms with Crippen molar-refractivity contribution in [1.82, 2.24) is 15.4 Å². The lowest BCUT2D eigenvalue weighted by molar-refractivity contribution is -0.141. The van der Waals surface area contributed by atoms with Crippen LogP contribution in [0.1, 0.15) is 13.3 Å². The van der Waals surface area contributed by atoms with Gasteiger partial charge in [0.1, 0.15) is 12.1 Å². The molecule has 0 saturated carbocycles. The molecule has 2 N–H and O–H groups in total. The number of fused-ring (bicyclic) bond motifs is 2. The topological polar surface area (TPSA) is 135 Å². The number of amides is 3. The molecular weight excluding hydrogens is 346 g/mol. The van der Waals surface area contributed by atoms with Gasteiger partial charge in [-0.05, 0) is 12.5 Å². The van der Waals surface area contributed by atoms with Crippen LogP contribution in [0.4, 0.5) is 4.79 Å². The van der Waals surface area contributed by atoms with Gasteiger partial charge in [0.2, 0.25) is 0 Å². The largest absolute Gasteiger partial charge is 0.418 e. The van der Waals surface area contributed by atoms with Crippen LogP contribution in [-0.4, -0.2) is 72.8 Å². The molecule has 0 aromatic carbocycles. The van der Waals surface area contributed by atoms with Gasteiger partial charge < -0.3 is 9.64 Å². The van der Waals surface area contributed by atoms with Crippen LogP contribution < -0.4 is 5.48 Å². The summed E-state index contributed by atoms with van der Waals surface area (Å²) in [6.07, 6.45) is 1.94. The number of nitrogens with zero attached hydrogens (tertiary/aromatic N) is 2. The van der Waals surface area contributed by atoms with E-state index in [1.165, 1.54) is 6.08 Å². The van der Waals surface area contributed by atoms with Crippen molar-refractivity contribution in [2.24, 2.45) is 0 Å². The first-order chi connectivity index (χ1) is 11.3. The summed E-state index contributed by atoms with van der Waals surface area (Å²) in [6, 6.07) is -2.51. The number of hydrogen-bond acceptors (Lipinski definition) is 7. The average molecular weight is 363 g/mol. The van der Waals surface area contributed by atoms with E-state index in [-0.39, 0.29) is 12.6 Å². The van der Waals surface area contributed by atoms with Crippen LogP contribution in [-0.2, 0) is 29.1 Å². The molecule has 2 bridgehead atoms. The molecule has 3 amide bonds. The van der Waals surface area contributed by atoms with Gasteiger partial charge in [-0.3, -0.25) is 14.2 Å². The minimum absolute atomic E-state index is 0.0519. The molecule has 0 spiro atoms. The second-order valence-electron chi connectivity index (χ2n) is 5.71. The highest BCUT2D eigenvalue weighted by Crippen LogP contribution is 2.30. The lowest BCUT2D eigenvalue weighted by atomic mass is 10.0. The Labute approximate surface area is 138 Å². The molecule has 3 atom stereocenters. The summed E-state index contributed by atoms with van der Waals surface area (Å²) >= 11 is 0. The van der Waals surface area contributed by atoms with Crippen molar-refractivity contribution in [3.63, 3.8) is 0 Å². The van der Waals surface area contributed by atoms with Gasteiger partial charge in [0.15, 0.2) is 0 Å². The standard InChI is InChI=1S/C12H17N3O8S/c1-7-4-8-5-14(12(17)15(8)23-24(18,19)20)10(7)11(16)13-22-9-2-3-21-6-9/h4,8-10H,2-3,5-6H2,1H3,(H,13,16)(H,18,19,20)/t8-,9?,10+/m1/s1. The van der Waals surface area contributed by atoms with Crippen LogP contribution in [0, 0.1) is 0 Å². The predicted molar refractivity (Wildman–Crippen MR) is 76.4 cm³/mol. The average Bonchev–Trinajstić information content (AvgIpc) is 3.07. The first-order valence-electron chi connectivity index (χ1n) is 7.24. The molecule has 134 valence electrons. The molecule has 0 aromatic heterocycles. The van der Waals surface area contributed by atoms with E-state index in [0.29, 0.717) is 30.3 Å². The van der Waals surface area contributed by atoms with Crippen LogP contribution in [0.5, 0.6) is 0 Å². The summed E-state index contributed by atoms with van der Waals surface area (Å²) in [6.45, 7) is 2.61. The van der Waals surface area contributed by atoms with Gasteiger partial charge >= 0.3 is 16.4 Å². The van der Waals surface area contributed by atoms with Crippen molar-refractivity contribution in [3.8, 4) is 0 Å². The zero-order chi connectivity index (χ0) is 17.5. The van der Waals surface area contributed by atoms with Crippen LogP contribution in [0.25, 0.3) is 0 Å². The third-order valence-electron chi connectivity index (χ3n) is 3.95. The van der Waals surface area contributed by atoms with E-state index >= 15 is 0 Å². The molecule has 1 unspecified atom stereocenters. The van der Waals surface area contributed by atoms with Gasteiger partial charge in [-0.2, -0.15) is 13.5 Å². The Hall–Kier alpha value is -1.73. The number of nitrogens with one attached hydrogen (secondary N) is 1. The van der Waals surface area contributed by atoms with E-state index in [0.717, 1.165) is 4.90 Å². The van der Waals surface area contributed by atoms with Gasteiger partial charge in [0.25, 0.3) is 5.91 Å². The number of urea groups is 1. The van der Waals surface area contributed by atoms with Crippen molar-refractivity contribution in [3.05, 3.63) is 11.6 Å². The van der Waals surface area contributed by atoms with Crippen molar-refractivity contribution in [2.45, 2.75) is 31.5 Å². The normalized spacial score (nSPS) is 29.8. The molecule has 3 aliphatic heterocycles. The third kappa shape index (κ3) is 3.37. The fourth-order valence-corrected chi connectivity index (χ4v) is 3.32. The monoisotopic (exact) mass is 363 g/mol. The lowest BCUT2D eigenvalue weighted by Crippen LogP contribution is -2.50. The van der Waals surface area contributed by atoms with Crippen LogP contribution in [0.3, 0.4) is 0 Å². The van der Waals surface area contributed by atoms with E-state index in [4.69, 9.17) is 14.1 Å². The molecule has 3 heterocycles. The maximum Gasteiger partial charge on any atom is 0.418 e. The van der Waals surface area contributed by atoms with E-state index in [2.05, 4.69) is 9.76 Å². The van der Waals surface area contributed by atoms with Crippen molar-refractivity contribution in [1.29, 1.82) is 0 Å². The molecule has 0 radical (unpaired) electrons. The Kier molecular flexibility index (Phi) is 4.48. The second-order valence-corrected chi connectivity index (χ2v) is 6.72. The van der Waals surface area contributed by atoms with Crippen LogP contribution >= 0.6 is 0 Å². The highest BCUT2D eigenvalue weighted by Gasteiger charge is 2.49. The zero-order valence-corrected chi connectivity index (χ0v) is 13.6. The summed E-state index contributed by atoms with van der Waals surface area (Å²) in [5, 5.41) is 0.526. The van der Waals surface area contributed by atoms with E-state index < -0.39 is 34.4 Å². The fourth-order valence-electron chi connectivity index (χ4n) is 2.94. The number of hydroxylamine groups is 3. The van der Waals surface area contributed by atoms with Crippen molar-refractivity contribution in [2.75, 3.05) is 19.8 Å². The van der Waals surface area contributed by atoms with Crippen molar-refractivity contribution >= 4 is 22.3 Å². The number of ether oxygens (including phenoxy) is 1. The maximum absolute atomic E-state index is 12.4. The minimum Gasteiger partial charge on any atom is -0.379 e. The summed E-state index contributed by atoms with van der Waals surface area (Å²) < 4.78 is 39.9. The summed E-state index contributed by atoms with van der Waals surface area (Å²) in [7, 11) is -4.85. The predicted octanol–water partition coefficient (Wildman–Crippen LogP) is -1.01. The Morgan fingerprint density at radius 3 is 2.88 bits per heavy atom. The Bertz CT molecular complexity index is 672. The maximum atomic E-state index is 12.4. The van der Waals surface area contributed by atoms with E-state index in [1.54, 1.807) is 6.92 Å². The number of carbonyl (C=O) groups excluding carboxylic acids is 2. The van der Waals surface area contributed by atoms with Gasteiger partial charge in [0, 0.05) is 13.0 Å². The summed E-state index contributed by atoms with van der Waals surface area (Å²) in [5.74, 6) is -0.559. The summed E-state index contributed by atoms with van der Waals surface area (Å²) in [4.78, 5) is 31.0.